The van der Waals surface area contributed by atoms with E-state index in [0.29, 0.717) is 5.92 Å². The summed E-state index contributed by atoms with van der Waals surface area (Å²) in [6, 6.07) is 4.84. The Morgan fingerprint density at radius 2 is 2.06 bits per heavy atom. The molecule has 0 amide bonds. The molecular formula is C15H23FN2. The van der Waals surface area contributed by atoms with Crippen LogP contribution in [0.5, 0.6) is 0 Å². The van der Waals surface area contributed by atoms with Gasteiger partial charge in [0.1, 0.15) is 5.82 Å². The smallest absolute Gasteiger partial charge is 0.123 e. The van der Waals surface area contributed by atoms with Crippen LogP contribution in [-0.4, -0.2) is 13.1 Å². The number of nitrogens with zero attached hydrogens (tertiary/aromatic N) is 1. The molecule has 100 valence electrons. The van der Waals surface area contributed by atoms with Crippen molar-refractivity contribution in [1.82, 2.24) is 0 Å². The normalized spacial score (nSPS) is 21.7. The monoisotopic (exact) mass is 250 g/mol. The minimum atomic E-state index is -0.203. The summed E-state index contributed by atoms with van der Waals surface area (Å²) in [5, 5.41) is 0. The zero-order chi connectivity index (χ0) is 13.3. The molecular weight excluding hydrogens is 227 g/mol. The van der Waals surface area contributed by atoms with E-state index in [4.69, 9.17) is 5.73 Å². The summed E-state index contributed by atoms with van der Waals surface area (Å²) in [6.45, 7) is 8.56. The molecule has 2 nitrogen and oxygen atoms in total. The molecule has 0 aromatic heterocycles. The van der Waals surface area contributed by atoms with Gasteiger partial charge in [-0.2, -0.15) is 0 Å². The lowest BCUT2D eigenvalue weighted by Crippen LogP contribution is -2.24. The summed E-state index contributed by atoms with van der Waals surface area (Å²) in [6.07, 6.45) is 1.22. The minimum Gasteiger partial charge on any atom is -0.371 e. The quantitative estimate of drug-likeness (QED) is 0.891. The molecule has 1 aliphatic rings. The van der Waals surface area contributed by atoms with Gasteiger partial charge in [0, 0.05) is 24.8 Å². The largest absolute Gasteiger partial charge is 0.371 e. The third-order valence-corrected chi connectivity index (χ3v) is 3.99. The van der Waals surface area contributed by atoms with Gasteiger partial charge >= 0.3 is 0 Å². The maximum absolute atomic E-state index is 13.3. The fourth-order valence-electron chi connectivity index (χ4n) is 2.73. The van der Waals surface area contributed by atoms with Gasteiger partial charge < -0.3 is 10.6 Å². The Kier molecular flexibility index (Phi) is 3.91. The number of halogens is 1. The molecule has 2 unspecified atom stereocenters. The average molecular weight is 250 g/mol. The number of hydrogen-bond acceptors (Lipinski definition) is 2. The highest BCUT2D eigenvalue weighted by molar-refractivity contribution is 5.55. The number of nitrogens with two attached hydrogens (primary N) is 1. The summed E-state index contributed by atoms with van der Waals surface area (Å²) in [7, 11) is 0. The highest BCUT2D eigenvalue weighted by Crippen LogP contribution is 2.32. The molecule has 1 aliphatic heterocycles. The summed E-state index contributed by atoms with van der Waals surface area (Å²) in [5.74, 6) is 1.23. The lowest BCUT2D eigenvalue weighted by Gasteiger charge is -2.24. The van der Waals surface area contributed by atoms with Gasteiger partial charge in [0.15, 0.2) is 0 Å². The molecule has 2 N–H and O–H groups in total. The number of rotatable bonds is 3. The number of hydrogen-bond donors (Lipinski definition) is 1. The fourth-order valence-corrected chi connectivity index (χ4v) is 2.73. The molecule has 18 heavy (non-hydrogen) atoms. The Hall–Kier alpha value is -1.09. The minimum absolute atomic E-state index is 0.131. The second kappa shape index (κ2) is 5.27. The van der Waals surface area contributed by atoms with E-state index in [9.17, 15) is 4.39 Å². The second-order valence-electron chi connectivity index (χ2n) is 5.73. The molecule has 0 radical (unpaired) electrons. The van der Waals surface area contributed by atoms with E-state index >= 15 is 0 Å². The third kappa shape index (κ3) is 2.66. The molecule has 0 bridgehead atoms. The number of anilines is 1. The second-order valence-corrected chi connectivity index (χ2v) is 5.73. The Bertz CT molecular complexity index is 415. The third-order valence-electron chi connectivity index (χ3n) is 3.99. The molecule has 1 fully saturated rings. The molecule has 2 rings (SSSR count). The maximum atomic E-state index is 13.3. The first-order valence-electron chi connectivity index (χ1n) is 6.79. The topological polar surface area (TPSA) is 29.3 Å². The van der Waals surface area contributed by atoms with Crippen LogP contribution in [0.15, 0.2) is 18.2 Å². The predicted octanol–water partition coefficient (Wildman–Crippen LogP) is 3.33. The zero-order valence-electron chi connectivity index (χ0n) is 11.5. The van der Waals surface area contributed by atoms with Crippen molar-refractivity contribution < 1.29 is 4.39 Å². The Morgan fingerprint density at radius 1 is 1.33 bits per heavy atom. The van der Waals surface area contributed by atoms with E-state index in [1.807, 2.05) is 13.0 Å². The van der Waals surface area contributed by atoms with Crippen molar-refractivity contribution in [3.05, 3.63) is 29.6 Å². The first-order chi connectivity index (χ1) is 8.49. The van der Waals surface area contributed by atoms with Crippen LogP contribution in [0.4, 0.5) is 10.1 Å². The lowest BCUT2D eigenvalue weighted by molar-refractivity contribution is 0.422. The van der Waals surface area contributed by atoms with Crippen LogP contribution >= 0.6 is 0 Å². The molecule has 0 spiro atoms. The van der Waals surface area contributed by atoms with Crippen LogP contribution < -0.4 is 10.6 Å². The maximum Gasteiger partial charge on any atom is 0.123 e. The van der Waals surface area contributed by atoms with E-state index in [1.54, 1.807) is 6.07 Å². The highest BCUT2D eigenvalue weighted by Gasteiger charge is 2.26. The van der Waals surface area contributed by atoms with Crippen LogP contribution in [0.1, 0.15) is 38.8 Å². The van der Waals surface area contributed by atoms with Crippen LogP contribution in [0.25, 0.3) is 0 Å². The van der Waals surface area contributed by atoms with Crippen molar-refractivity contribution in [1.29, 1.82) is 0 Å². The van der Waals surface area contributed by atoms with Crippen molar-refractivity contribution in [2.24, 2.45) is 17.6 Å². The molecule has 1 aromatic carbocycles. The molecule has 2 atom stereocenters. The average Bonchev–Trinajstić information content (AvgIpc) is 2.78. The van der Waals surface area contributed by atoms with Crippen molar-refractivity contribution >= 4 is 5.69 Å². The molecule has 3 heteroatoms. The first kappa shape index (κ1) is 13.3. The fraction of sp³-hybridized carbons (Fsp3) is 0.600. The zero-order valence-corrected chi connectivity index (χ0v) is 11.5. The first-order valence-corrected chi connectivity index (χ1v) is 6.79. The molecule has 1 heterocycles. The summed E-state index contributed by atoms with van der Waals surface area (Å²) >= 11 is 0. The molecule has 0 aliphatic carbocycles. The number of benzene rings is 1. The molecule has 0 saturated carbocycles. The van der Waals surface area contributed by atoms with E-state index in [0.717, 1.165) is 30.3 Å². The molecule has 1 saturated heterocycles. The predicted molar refractivity (Wildman–Crippen MR) is 74.2 cm³/mol. The van der Waals surface area contributed by atoms with Crippen LogP contribution in [-0.2, 0) is 0 Å². The van der Waals surface area contributed by atoms with E-state index in [2.05, 4.69) is 18.7 Å². The van der Waals surface area contributed by atoms with Crippen molar-refractivity contribution in [3.63, 3.8) is 0 Å². The van der Waals surface area contributed by atoms with E-state index in [-0.39, 0.29) is 11.9 Å². The van der Waals surface area contributed by atoms with E-state index in [1.165, 1.54) is 12.5 Å². The standard InChI is InChI=1S/C15H23FN2/c1-10(2)12-6-7-18(9-12)15-5-4-13(16)8-14(15)11(3)17/h4-5,8,10-12H,6-7,9,17H2,1-3H3. The van der Waals surface area contributed by atoms with Gasteiger partial charge in [-0.15, -0.1) is 0 Å². The van der Waals surface area contributed by atoms with Gasteiger partial charge in [-0.05, 0) is 48.9 Å². The van der Waals surface area contributed by atoms with Gasteiger partial charge in [0.2, 0.25) is 0 Å². The van der Waals surface area contributed by atoms with Crippen LogP contribution in [0.2, 0.25) is 0 Å². The van der Waals surface area contributed by atoms with E-state index < -0.39 is 0 Å². The van der Waals surface area contributed by atoms with Crippen LogP contribution in [0, 0.1) is 17.7 Å². The highest BCUT2D eigenvalue weighted by atomic mass is 19.1. The van der Waals surface area contributed by atoms with Gasteiger partial charge in [0.05, 0.1) is 0 Å². The Morgan fingerprint density at radius 3 is 2.61 bits per heavy atom. The lowest BCUT2D eigenvalue weighted by atomic mass is 9.95. The summed E-state index contributed by atoms with van der Waals surface area (Å²) < 4.78 is 13.3. The summed E-state index contributed by atoms with van der Waals surface area (Å²) in [4.78, 5) is 2.35. The van der Waals surface area contributed by atoms with Crippen LogP contribution in [0.3, 0.4) is 0 Å². The van der Waals surface area contributed by atoms with Crippen molar-refractivity contribution in [3.8, 4) is 0 Å². The Labute approximate surface area is 109 Å². The van der Waals surface area contributed by atoms with Gasteiger partial charge in [-0.25, -0.2) is 4.39 Å². The molecule has 1 aromatic rings. The van der Waals surface area contributed by atoms with Crippen molar-refractivity contribution in [2.45, 2.75) is 33.2 Å². The summed E-state index contributed by atoms with van der Waals surface area (Å²) in [5.41, 5.74) is 7.97. The van der Waals surface area contributed by atoms with Gasteiger partial charge in [-0.1, -0.05) is 13.8 Å². The van der Waals surface area contributed by atoms with Gasteiger partial charge in [0.25, 0.3) is 0 Å². The van der Waals surface area contributed by atoms with Crippen molar-refractivity contribution in [2.75, 3.05) is 18.0 Å². The SMILES string of the molecule is CC(N)c1cc(F)ccc1N1CCC(C(C)C)C1. The van der Waals surface area contributed by atoms with Gasteiger partial charge in [-0.3, -0.25) is 0 Å². The Balaban J connectivity index is 2.24.